The number of carbonyl (C=O) groups excluding carboxylic acids is 1. The molecule has 0 amide bonds. The highest BCUT2D eigenvalue weighted by Gasteiger charge is 2.20. The van der Waals surface area contributed by atoms with Gasteiger partial charge in [0, 0.05) is 30.5 Å². The van der Waals surface area contributed by atoms with Crippen molar-refractivity contribution in [3.8, 4) is 11.5 Å². The molecule has 0 saturated heterocycles. The number of hydrogen-bond donors (Lipinski definition) is 2. The Bertz CT molecular complexity index is 589. The largest absolute Gasteiger partial charge is 0.493 e. The van der Waals surface area contributed by atoms with E-state index >= 15 is 0 Å². The first-order valence-electron chi connectivity index (χ1n) is 11.6. The number of ketones is 1. The highest BCUT2D eigenvalue weighted by atomic mass is 16.5. The Balaban J connectivity index is 2.72. The first kappa shape index (κ1) is 26.4. The van der Waals surface area contributed by atoms with Gasteiger partial charge in [0.1, 0.15) is 17.3 Å². The van der Waals surface area contributed by atoms with Gasteiger partial charge in [0.15, 0.2) is 0 Å². The van der Waals surface area contributed by atoms with Crippen LogP contribution in [0.4, 0.5) is 0 Å². The van der Waals surface area contributed by atoms with E-state index in [9.17, 15) is 9.90 Å². The van der Waals surface area contributed by atoms with Crippen LogP contribution in [0.25, 0.3) is 0 Å². The van der Waals surface area contributed by atoms with Crippen molar-refractivity contribution in [2.45, 2.75) is 85.8 Å². The minimum atomic E-state index is -0.674. The number of aliphatic hydroxyl groups is 1. The van der Waals surface area contributed by atoms with Crippen molar-refractivity contribution in [2.24, 2.45) is 11.8 Å². The molecule has 30 heavy (non-hydrogen) atoms. The van der Waals surface area contributed by atoms with E-state index in [2.05, 4.69) is 26.1 Å². The van der Waals surface area contributed by atoms with Crippen LogP contribution >= 0.6 is 0 Å². The average Bonchev–Trinajstić information content (AvgIpc) is 2.71. The van der Waals surface area contributed by atoms with Crippen LogP contribution in [0.5, 0.6) is 11.5 Å². The van der Waals surface area contributed by atoms with Crippen molar-refractivity contribution in [3.05, 3.63) is 23.8 Å². The van der Waals surface area contributed by atoms with Crippen molar-refractivity contribution in [3.63, 3.8) is 0 Å². The van der Waals surface area contributed by atoms with E-state index < -0.39 is 6.10 Å². The van der Waals surface area contributed by atoms with E-state index in [1.807, 2.05) is 39.0 Å². The van der Waals surface area contributed by atoms with Crippen molar-refractivity contribution in [1.29, 1.82) is 0 Å². The Morgan fingerprint density at radius 1 is 0.967 bits per heavy atom. The van der Waals surface area contributed by atoms with Crippen LogP contribution in [0, 0.1) is 11.8 Å². The van der Waals surface area contributed by atoms with Gasteiger partial charge in [-0.05, 0) is 43.9 Å². The van der Waals surface area contributed by atoms with Crippen LogP contribution < -0.4 is 14.8 Å². The van der Waals surface area contributed by atoms with Gasteiger partial charge in [-0.2, -0.15) is 0 Å². The number of carbonyl (C=O) groups is 1. The molecule has 0 bridgehead atoms. The molecule has 0 aliphatic rings. The fraction of sp³-hybridized carbons (Fsp3) is 0.720. The molecule has 0 heterocycles. The van der Waals surface area contributed by atoms with E-state index in [1.54, 1.807) is 0 Å². The molecule has 0 aliphatic carbocycles. The van der Waals surface area contributed by atoms with Crippen molar-refractivity contribution in [1.82, 2.24) is 5.32 Å². The Morgan fingerprint density at radius 2 is 1.50 bits per heavy atom. The molecule has 2 N–H and O–H groups in total. The van der Waals surface area contributed by atoms with Crippen LogP contribution in [-0.2, 0) is 4.79 Å². The molecule has 172 valence electrons. The minimum absolute atomic E-state index is 0.0125. The van der Waals surface area contributed by atoms with Crippen molar-refractivity contribution in [2.75, 3.05) is 19.8 Å². The van der Waals surface area contributed by atoms with Gasteiger partial charge in [0.25, 0.3) is 0 Å². The van der Waals surface area contributed by atoms with Crippen LogP contribution in [0.15, 0.2) is 18.2 Å². The lowest BCUT2D eigenvalue weighted by Gasteiger charge is -2.21. The van der Waals surface area contributed by atoms with Gasteiger partial charge in [-0.25, -0.2) is 0 Å². The van der Waals surface area contributed by atoms with E-state index in [-0.39, 0.29) is 23.7 Å². The topological polar surface area (TPSA) is 67.8 Å². The summed E-state index contributed by atoms with van der Waals surface area (Å²) in [6.07, 6.45) is 4.21. The van der Waals surface area contributed by atoms with E-state index in [0.717, 1.165) is 49.2 Å². The number of unbranched alkanes of at least 4 members (excludes halogenated alkanes) is 2. The number of Topliss-reactive ketones (excluding diaryl/α,β-unsaturated/α-hetero) is 1. The predicted molar refractivity (Wildman–Crippen MR) is 123 cm³/mol. The van der Waals surface area contributed by atoms with Gasteiger partial charge in [0.05, 0.1) is 19.3 Å². The zero-order chi connectivity index (χ0) is 22.5. The quantitative estimate of drug-likeness (QED) is 0.354. The third-order valence-corrected chi connectivity index (χ3v) is 5.24. The van der Waals surface area contributed by atoms with Gasteiger partial charge in [0.2, 0.25) is 0 Å². The maximum Gasteiger partial charge on any atom is 0.138 e. The lowest BCUT2D eigenvalue weighted by atomic mass is 9.91. The standard InChI is InChI=1S/C25H43NO4/c1-7-9-11-29-22-14-21(15-23(16-22)30-12-10-8-2)24(27)17-26-20(6)13-19(5)25(28)18(3)4/h14-16,18-20,24,26-27H,7-13,17H2,1-6H3. The molecule has 1 aromatic rings. The van der Waals surface area contributed by atoms with E-state index in [0.29, 0.717) is 19.8 Å². The Kier molecular flexibility index (Phi) is 12.7. The zero-order valence-electron chi connectivity index (χ0n) is 19.9. The molecular formula is C25H43NO4. The maximum absolute atomic E-state index is 12.1. The molecule has 0 saturated carbocycles. The van der Waals surface area contributed by atoms with Gasteiger partial charge < -0.3 is 19.9 Å². The molecule has 3 atom stereocenters. The van der Waals surface area contributed by atoms with Crippen molar-refractivity contribution >= 4 is 5.78 Å². The summed E-state index contributed by atoms with van der Waals surface area (Å²) >= 11 is 0. The summed E-state index contributed by atoms with van der Waals surface area (Å²) in [6.45, 7) is 13.9. The van der Waals surface area contributed by atoms with Crippen molar-refractivity contribution < 1.29 is 19.4 Å². The minimum Gasteiger partial charge on any atom is -0.493 e. The van der Waals surface area contributed by atoms with E-state index in [4.69, 9.17) is 9.47 Å². The monoisotopic (exact) mass is 421 g/mol. The predicted octanol–water partition coefficient (Wildman–Crippen LogP) is 5.31. The fourth-order valence-corrected chi connectivity index (χ4v) is 3.35. The third kappa shape index (κ3) is 9.94. The van der Waals surface area contributed by atoms with Gasteiger partial charge in [-0.3, -0.25) is 4.79 Å². The van der Waals surface area contributed by atoms with Gasteiger partial charge in [-0.15, -0.1) is 0 Å². The molecule has 1 rings (SSSR count). The number of benzene rings is 1. The molecule has 5 nitrogen and oxygen atoms in total. The molecule has 0 aliphatic heterocycles. The zero-order valence-corrected chi connectivity index (χ0v) is 19.9. The lowest BCUT2D eigenvalue weighted by Crippen LogP contribution is -2.33. The average molecular weight is 422 g/mol. The molecule has 1 aromatic carbocycles. The fourth-order valence-electron chi connectivity index (χ4n) is 3.35. The summed E-state index contributed by atoms with van der Waals surface area (Å²) in [5.41, 5.74) is 0.779. The number of rotatable bonds is 16. The second kappa shape index (κ2) is 14.4. The van der Waals surface area contributed by atoms with Gasteiger partial charge in [-0.1, -0.05) is 47.5 Å². The molecule has 0 radical (unpaired) electrons. The lowest BCUT2D eigenvalue weighted by molar-refractivity contribution is -0.125. The number of ether oxygens (including phenoxy) is 2. The third-order valence-electron chi connectivity index (χ3n) is 5.24. The molecule has 5 heteroatoms. The summed E-state index contributed by atoms with van der Waals surface area (Å²) in [4.78, 5) is 12.1. The maximum atomic E-state index is 12.1. The summed E-state index contributed by atoms with van der Waals surface area (Å²) < 4.78 is 11.7. The second-order valence-electron chi connectivity index (χ2n) is 8.66. The first-order valence-corrected chi connectivity index (χ1v) is 11.6. The van der Waals surface area contributed by atoms with Gasteiger partial charge >= 0.3 is 0 Å². The van der Waals surface area contributed by atoms with Crippen LogP contribution in [0.3, 0.4) is 0 Å². The van der Waals surface area contributed by atoms with Crippen LogP contribution in [0.2, 0.25) is 0 Å². The Labute approximate surface area is 183 Å². The highest BCUT2D eigenvalue weighted by Crippen LogP contribution is 2.27. The Morgan fingerprint density at radius 3 is 1.97 bits per heavy atom. The summed E-state index contributed by atoms with van der Waals surface area (Å²) in [7, 11) is 0. The molecule has 0 aromatic heterocycles. The SMILES string of the molecule is CCCCOc1cc(OCCCC)cc(C(O)CNC(C)CC(C)C(=O)C(C)C)c1. The molecule has 0 fully saturated rings. The number of nitrogens with one attached hydrogen (secondary N) is 1. The smallest absolute Gasteiger partial charge is 0.138 e. The Hall–Kier alpha value is -1.59. The summed E-state index contributed by atoms with van der Waals surface area (Å²) in [6, 6.07) is 5.83. The van der Waals surface area contributed by atoms with Crippen LogP contribution in [-0.4, -0.2) is 36.7 Å². The number of aliphatic hydroxyl groups excluding tert-OH is 1. The summed E-state index contributed by atoms with van der Waals surface area (Å²) in [5, 5.41) is 14.1. The molecule has 0 spiro atoms. The van der Waals surface area contributed by atoms with E-state index in [1.165, 1.54) is 0 Å². The highest BCUT2D eigenvalue weighted by molar-refractivity contribution is 5.82. The number of hydrogen-bond acceptors (Lipinski definition) is 5. The second-order valence-corrected chi connectivity index (χ2v) is 8.66. The normalized spacial score (nSPS) is 14.4. The first-order chi connectivity index (χ1) is 14.3. The molecular weight excluding hydrogens is 378 g/mol. The van der Waals surface area contributed by atoms with Crippen LogP contribution in [0.1, 0.15) is 85.3 Å². The summed E-state index contributed by atoms with van der Waals surface area (Å²) in [5.74, 6) is 1.82. The molecule has 3 unspecified atom stereocenters.